The largest absolute Gasteiger partial charge is 0.390 e. The average Bonchev–Trinajstić information content (AvgIpc) is 3.05. The Morgan fingerprint density at radius 1 is 0.857 bits per heavy atom. The van der Waals surface area contributed by atoms with Gasteiger partial charge in [-0.1, -0.05) is 72.3 Å². The SMILES string of the molecule is Cc1ccc2[nH]c(-c3ccccc3)c(C(CC(F)(F)F)c3ccccc3)c2c1. The highest BCUT2D eigenvalue weighted by Crippen LogP contribution is 2.44. The zero-order valence-corrected chi connectivity index (χ0v) is 15.4. The Bertz CT molecular complexity index is 1080. The molecule has 1 heterocycles. The Kier molecular flexibility index (Phi) is 4.71. The maximum Gasteiger partial charge on any atom is 0.390 e. The molecule has 0 bridgehead atoms. The standard InChI is InChI=1S/C24H20F3N/c1-16-12-13-21-19(14-16)22(23(28-21)18-10-6-3-7-11-18)20(15-24(25,26)27)17-8-4-2-5-9-17/h2-14,20,28H,15H2,1H3. The van der Waals surface area contributed by atoms with Gasteiger partial charge < -0.3 is 4.98 Å². The second-order valence-corrected chi connectivity index (χ2v) is 7.11. The molecule has 0 saturated carbocycles. The lowest BCUT2D eigenvalue weighted by molar-refractivity contribution is -0.136. The molecule has 4 heteroatoms. The first-order valence-corrected chi connectivity index (χ1v) is 9.22. The molecule has 1 aromatic heterocycles. The number of benzene rings is 3. The lowest BCUT2D eigenvalue weighted by atomic mass is 9.85. The van der Waals surface area contributed by atoms with Crippen LogP contribution in [0.3, 0.4) is 0 Å². The third kappa shape index (κ3) is 3.68. The van der Waals surface area contributed by atoms with Gasteiger partial charge in [0.25, 0.3) is 0 Å². The van der Waals surface area contributed by atoms with E-state index in [0.717, 1.165) is 27.7 Å². The second-order valence-electron chi connectivity index (χ2n) is 7.11. The Hall–Kier alpha value is -3.01. The van der Waals surface area contributed by atoms with Gasteiger partial charge in [-0.2, -0.15) is 13.2 Å². The normalized spacial score (nSPS) is 13.0. The van der Waals surface area contributed by atoms with Crippen LogP contribution < -0.4 is 0 Å². The number of halogens is 3. The maximum atomic E-state index is 13.6. The lowest BCUT2D eigenvalue weighted by Crippen LogP contribution is -2.15. The molecule has 28 heavy (non-hydrogen) atoms. The van der Waals surface area contributed by atoms with Crippen molar-refractivity contribution in [2.75, 3.05) is 0 Å². The lowest BCUT2D eigenvalue weighted by Gasteiger charge is -2.21. The van der Waals surface area contributed by atoms with Crippen LogP contribution in [0.4, 0.5) is 13.2 Å². The molecule has 1 nitrogen and oxygen atoms in total. The number of hydrogen-bond donors (Lipinski definition) is 1. The summed E-state index contributed by atoms with van der Waals surface area (Å²) in [7, 11) is 0. The van der Waals surface area contributed by atoms with E-state index in [1.165, 1.54) is 0 Å². The summed E-state index contributed by atoms with van der Waals surface area (Å²) in [5.41, 5.74) is 4.87. The van der Waals surface area contributed by atoms with Gasteiger partial charge >= 0.3 is 6.18 Å². The summed E-state index contributed by atoms with van der Waals surface area (Å²) in [6.07, 6.45) is -5.18. The summed E-state index contributed by atoms with van der Waals surface area (Å²) in [4.78, 5) is 3.38. The number of aromatic amines is 1. The third-order valence-electron chi connectivity index (χ3n) is 5.04. The Morgan fingerprint density at radius 2 is 1.50 bits per heavy atom. The molecule has 142 valence electrons. The molecule has 0 saturated heterocycles. The van der Waals surface area contributed by atoms with Crippen LogP contribution >= 0.6 is 0 Å². The molecule has 0 fully saturated rings. The number of nitrogens with one attached hydrogen (secondary N) is 1. The Balaban J connectivity index is 2.01. The van der Waals surface area contributed by atoms with Gasteiger partial charge in [0.1, 0.15) is 0 Å². The van der Waals surface area contributed by atoms with E-state index in [2.05, 4.69) is 4.98 Å². The molecule has 1 N–H and O–H groups in total. The zero-order valence-electron chi connectivity index (χ0n) is 15.4. The molecule has 0 aliphatic rings. The number of aryl methyl sites for hydroxylation is 1. The number of alkyl halides is 3. The third-order valence-corrected chi connectivity index (χ3v) is 5.04. The Labute approximate surface area is 161 Å². The van der Waals surface area contributed by atoms with Crippen LogP contribution in [0.5, 0.6) is 0 Å². The summed E-state index contributed by atoms with van der Waals surface area (Å²) in [5, 5.41) is 0.844. The second kappa shape index (κ2) is 7.19. The smallest absolute Gasteiger partial charge is 0.354 e. The summed E-state index contributed by atoms with van der Waals surface area (Å²) in [6.45, 7) is 1.96. The molecule has 4 rings (SSSR count). The first-order chi connectivity index (χ1) is 13.4. The van der Waals surface area contributed by atoms with Crippen molar-refractivity contribution >= 4 is 10.9 Å². The van der Waals surface area contributed by atoms with Crippen molar-refractivity contribution in [3.8, 4) is 11.3 Å². The number of aromatic nitrogens is 1. The average molecular weight is 379 g/mol. The van der Waals surface area contributed by atoms with Crippen molar-refractivity contribution in [1.82, 2.24) is 4.98 Å². The topological polar surface area (TPSA) is 15.8 Å². The number of rotatable bonds is 4. The van der Waals surface area contributed by atoms with Crippen LogP contribution in [0.15, 0.2) is 78.9 Å². The molecule has 0 radical (unpaired) electrons. The first-order valence-electron chi connectivity index (χ1n) is 9.22. The minimum Gasteiger partial charge on any atom is -0.354 e. The van der Waals surface area contributed by atoms with Gasteiger partial charge in [0, 0.05) is 16.8 Å². The van der Waals surface area contributed by atoms with Crippen LogP contribution in [0.2, 0.25) is 0 Å². The van der Waals surface area contributed by atoms with Crippen molar-refractivity contribution in [3.63, 3.8) is 0 Å². The zero-order chi connectivity index (χ0) is 19.7. The molecule has 4 aromatic rings. The molecular formula is C24H20F3N. The summed E-state index contributed by atoms with van der Waals surface area (Å²) in [6, 6.07) is 24.4. The van der Waals surface area contributed by atoms with Crippen molar-refractivity contribution in [2.24, 2.45) is 0 Å². The molecule has 3 aromatic carbocycles. The summed E-state index contributed by atoms with van der Waals surface area (Å²) < 4.78 is 40.8. The van der Waals surface area contributed by atoms with Crippen LogP contribution in [-0.4, -0.2) is 11.2 Å². The van der Waals surface area contributed by atoms with Gasteiger partial charge in [0.05, 0.1) is 12.1 Å². The highest BCUT2D eigenvalue weighted by Gasteiger charge is 2.35. The van der Waals surface area contributed by atoms with Crippen LogP contribution in [-0.2, 0) is 0 Å². The molecule has 1 atom stereocenters. The van der Waals surface area contributed by atoms with Crippen molar-refractivity contribution in [1.29, 1.82) is 0 Å². The number of hydrogen-bond acceptors (Lipinski definition) is 0. The number of H-pyrrole nitrogens is 1. The van der Waals surface area contributed by atoms with Crippen molar-refractivity contribution in [3.05, 3.63) is 95.6 Å². The fraction of sp³-hybridized carbons (Fsp3) is 0.167. The fourth-order valence-corrected chi connectivity index (χ4v) is 3.82. The van der Waals surface area contributed by atoms with Crippen LogP contribution in [0.1, 0.15) is 29.0 Å². The van der Waals surface area contributed by atoms with Gasteiger partial charge in [0.2, 0.25) is 0 Å². The van der Waals surface area contributed by atoms with E-state index in [4.69, 9.17) is 0 Å². The minimum atomic E-state index is -4.28. The van der Waals surface area contributed by atoms with Crippen LogP contribution in [0.25, 0.3) is 22.2 Å². The van der Waals surface area contributed by atoms with E-state index in [1.54, 1.807) is 24.3 Å². The van der Waals surface area contributed by atoms with Crippen molar-refractivity contribution in [2.45, 2.75) is 25.4 Å². The first kappa shape index (κ1) is 18.4. The fourth-order valence-electron chi connectivity index (χ4n) is 3.82. The molecule has 0 aliphatic carbocycles. The summed E-state index contributed by atoms with van der Waals surface area (Å²) in [5.74, 6) is -0.785. The van der Waals surface area contributed by atoms with Crippen molar-refractivity contribution < 1.29 is 13.2 Å². The quantitative estimate of drug-likeness (QED) is 0.385. The highest BCUT2D eigenvalue weighted by molar-refractivity contribution is 5.92. The molecular weight excluding hydrogens is 359 g/mol. The van der Waals surface area contributed by atoms with Gasteiger partial charge in [-0.3, -0.25) is 0 Å². The molecule has 0 aliphatic heterocycles. The van der Waals surface area contributed by atoms with Gasteiger partial charge in [-0.15, -0.1) is 0 Å². The minimum absolute atomic E-state index is 0.666. The summed E-state index contributed by atoms with van der Waals surface area (Å²) >= 11 is 0. The predicted molar refractivity (Wildman–Crippen MR) is 107 cm³/mol. The number of fused-ring (bicyclic) bond motifs is 1. The van der Waals surface area contributed by atoms with Gasteiger partial charge in [-0.25, -0.2) is 0 Å². The monoisotopic (exact) mass is 379 g/mol. The van der Waals surface area contributed by atoms with E-state index in [0.29, 0.717) is 11.1 Å². The maximum absolute atomic E-state index is 13.6. The van der Waals surface area contributed by atoms with E-state index in [1.807, 2.05) is 61.5 Å². The molecule has 0 amide bonds. The Morgan fingerprint density at radius 3 is 2.14 bits per heavy atom. The molecule has 0 spiro atoms. The predicted octanol–water partition coefficient (Wildman–Crippen LogP) is 7.23. The van der Waals surface area contributed by atoms with E-state index < -0.39 is 18.5 Å². The molecule has 1 unspecified atom stereocenters. The van der Waals surface area contributed by atoms with E-state index in [-0.39, 0.29) is 0 Å². The van der Waals surface area contributed by atoms with Gasteiger partial charge in [-0.05, 0) is 35.7 Å². The van der Waals surface area contributed by atoms with E-state index >= 15 is 0 Å². The van der Waals surface area contributed by atoms with Crippen LogP contribution in [0, 0.1) is 6.92 Å². The van der Waals surface area contributed by atoms with Gasteiger partial charge in [0.15, 0.2) is 0 Å². The van der Waals surface area contributed by atoms with E-state index in [9.17, 15) is 13.2 Å². The highest BCUT2D eigenvalue weighted by atomic mass is 19.4.